The van der Waals surface area contributed by atoms with E-state index in [2.05, 4.69) is 90.0 Å². The molecule has 0 aromatic heterocycles. The van der Waals surface area contributed by atoms with Gasteiger partial charge in [0.05, 0.1) is 66.5 Å². The molecule has 22 heteroatoms. The van der Waals surface area contributed by atoms with E-state index in [1.807, 2.05) is 69.2 Å². The molecule has 0 aromatic carbocycles. The summed E-state index contributed by atoms with van der Waals surface area (Å²) in [4.78, 5) is 124. The van der Waals surface area contributed by atoms with Gasteiger partial charge >= 0.3 is 59.7 Å². The molecule has 2 heterocycles. The second-order valence-corrected chi connectivity index (χ2v) is 53.6. The molecule has 24 fully saturated rings. The summed E-state index contributed by atoms with van der Waals surface area (Å²) in [5, 5.41) is 18.9. The maximum atomic E-state index is 13.6. The van der Waals surface area contributed by atoms with Crippen molar-refractivity contribution in [1.29, 1.82) is 0 Å². The van der Waals surface area contributed by atoms with Crippen molar-refractivity contribution in [3.63, 3.8) is 0 Å². The molecular formula is C114H174O22. The number of rotatable bonds is 15. The average molecular weight is 1900 g/mol. The maximum absolute atomic E-state index is 13.6. The highest BCUT2D eigenvalue weighted by Gasteiger charge is 2.73. The van der Waals surface area contributed by atoms with Gasteiger partial charge in [0.15, 0.2) is 6.29 Å². The molecule has 22 aliphatic carbocycles. The molecular weight excluding hydrogens is 1720 g/mol. The summed E-state index contributed by atoms with van der Waals surface area (Å²) in [7, 11) is 0. The summed E-state index contributed by atoms with van der Waals surface area (Å²) in [5.41, 5.74) is -1.63. The molecule has 762 valence electrons. The van der Waals surface area contributed by atoms with Gasteiger partial charge in [-0.15, -0.1) is 0 Å². The molecule has 24 aliphatic rings. The van der Waals surface area contributed by atoms with Crippen LogP contribution in [0.4, 0.5) is 0 Å². The van der Waals surface area contributed by atoms with E-state index >= 15 is 0 Å². The van der Waals surface area contributed by atoms with Crippen molar-refractivity contribution in [1.82, 2.24) is 0 Å². The number of carboxylic acid groups (broad SMARTS) is 2. The molecule has 0 radical (unpaired) electrons. The van der Waals surface area contributed by atoms with E-state index in [-0.39, 0.29) is 107 Å². The summed E-state index contributed by atoms with van der Waals surface area (Å²) >= 11 is 0. The Morgan fingerprint density at radius 3 is 1.04 bits per heavy atom. The van der Waals surface area contributed by atoms with Gasteiger partial charge in [0, 0.05) is 19.4 Å². The largest absolute Gasteiger partial charge is 0.481 e. The molecule has 0 aromatic rings. The number of cyclic esters (lactones) is 1. The van der Waals surface area contributed by atoms with Gasteiger partial charge in [-0.3, -0.25) is 43.2 Å². The van der Waals surface area contributed by atoms with Crippen LogP contribution in [0.15, 0.2) is 0 Å². The topological polar surface area (TPSA) is 303 Å². The third-order valence-electron chi connectivity index (χ3n) is 44.7. The highest BCUT2D eigenvalue weighted by molar-refractivity contribution is 5.87. The van der Waals surface area contributed by atoms with Gasteiger partial charge in [-0.05, 0) is 442 Å². The van der Waals surface area contributed by atoms with Gasteiger partial charge in [0.1, 0.15) is 22.4 Å². The van der Waals surface area contributed by atoms with Crippen LogP contribution in [0.5, 0.6) is 0 Å². The predicted molar refractivity (Wildman–Crippen MR) is 507 cm³/mol. The number of hydrogen-bond acceptors (Lipinski definition) is 20. The van der Waals surface area contributed by atoms with Gasteiger partial charge in [-0.1, -0.05) is 83.1 Å². The van der Waals surface area contributed by atoms with Crippen LogP contribution in [0.3, 0.4) is 0 Å². The normalized spacial score (nSPS) is 50.5. The van der Waals surface area contributed by atoms with Gasteiger partial charge in [-0.2, -0.15) is 0 Å². The zero-order valence-electron chi connectivity index (χ0n) is 87.1. The number of carbonyl (C=O) groups excluding carboxylic acids is 8. The van der Waals surface area contributed by atoms with Gasteiger partial charge in [-0.25, -0.2) is 4.79 Å². The van der Waals surface area contributed by atoms with E-state index in [0.29, 0.717) is 78.1 Å². The lowest BCUT2D eigenvalue weighted by molar-refractivity contribution is -0.209. The first kappa shape index (κ1) is 101. The smallest absolute Gasteiger partial charge is 0.347 e. The van der Waals surface area contributed by atoms with Crippen LogP contribution in [-0.2, 0) is 95.3 Å². The number of ether oxygens (including phenoxy) is 10. The molecule has 0 spiro atoms. The molecule has 2 N–H and O–H groups in total. The minimum atomic E-state index is -0.873. The van der Waals surface area contributed by atoms with Crippen LogP contribution in [0, 0.1) is 290 Å². The molecule has 22 saturated carbocycles. The third-order valence-corrected chi connectivity index (χ3v) is 44.7. The highest BCUT2D eigenvalue weighted by atomic mass is 16.7. The first-order valence-corrected chi connectivity index (χ1v) is 55.4. The molecule has 24 rings (SSSR count). The standard InChI is InChI=1S/C26H38O2.C20H30O3.C19H28O6.C19H30O2.C15H24O5.C15H24O4/c1-12-13(2)20-11-19(12)23-16-9-21(24(20)23)22(10-16)25(27)28-26(3)17-5-14-4-15(7-17)8-18(26)6-14;1-10-11(2)14-9-13(10)18-12-7-15(19(14)18)16(8-12)20(21)23-17-5-3-4-6-22-17;1-9-10(2)12-8-11(9)14(15(12)18(22)25-19(3,4)5)17(21)24-13-6-7-23-16(13)20;1-9-10(2)13-8-12(9)16-11-6-14(17(13)16)15(7-11)18(20)21-19(3,4)5;1-5-19-9(4)20-15(18)13-11-6-10(7(2)8(11)3)12(13)14(16)17;1-7-8(2)10-6-9(7)11(13(16)17)12(10)14(18)19-15(3,4)5/h12-24H,4-11H2,1-3H3;10-19H,3-9H2,1-2H3;9-15H,6-8H2,1-5H3;9-17H,6-8H2,1-5H3;7-13H,5-6H2,1-4H3,(H,16,17);7-12H,6H2,1-5H3,(H,16,17). The van der Waals surface area contributed by atoms with Crippen molar-refractivity contribution in [3.05, 3.63) is 0 Å². The van der Waals surface area contributed by atoms with E-state index in [9.17, 15) is 58.2 Å². The van der Waals surface area contributed by atoms with E-state index < -0.39 is 89.0 Å². The van der Waals surface area contributed by atoms with Crippen molar-refractivity contribution in [2.45, 2.75) is 342 Å². The quantitative estimate of drug-likeness (QED) is 0.0666. The molecule has 22 bridgehead atoms. The predicted octanol–water partition coefficient (Wildman–Crippen LogP) is 20.6. The van der Waals surface area contributed by atoms with E-state index in [0.717, 1.165) is 201 Å². The second kappa shape index (κ2) is 37.7. The minimum Gasteiger partial charge on any atom is -0.481 e. The monoisotopic (exact) mass is 1900 g/mol. The highest BCUT2D eigenvalue weighted by Crippen LogP contribution is 2.76. The molecule has 2 aliphatic heterocycles. The molecule has 2 saturated heterocycles. The Kier molecular flexibility index (Phi) is 27.9. The second-order valence-electron chi connectivity index (χ2n) is 53.6. The van der Waals surface area contributed by atoms with E-state index in [1.165, 1.54) is 70.6 Å². The summed E-state index contributed by atoms with van der Waals surface area (Å²) < 4.78 is 55.5. The Labute approximate surface area is 812 Å². The molecule has 48 atom stereocenters. The molecule has 136 heavy (non-hydrogen) atoms. The summed E-state index contributed by atoms with van der Waals surface area (Å²) in [6.07, 6.45) is 22.8. The van der Waals surface area contributed by atoms with Crippen LogP contribution in [-0.4, -0.2) is 131 Å². The lowest BCUT2D eigenvalue weighted by Crippen LogP contribution is -2.58. The summed E-state index contributed by atoms with van der Waals surface area (Å²) in [6.45, 7) is 51.8. The number of fused-ring (bicyclic) bond motifs is 33. The Morgan fingerprint density at radius 1 is 0.360 bits per heavy atom. The Balaban J connectivity index is 0.000000109. The number of carboxylic acids is 2. The molecule has 22 nitrogen and oxygen atoms in total. The molecule has 48 unspecified atom stereocenters. The number of hydrogen-bond donors (Lipinski definition) is 2. The zero-order chi connectivity index (χ0) is 97.8. The summed E-state index contributed by atoms with van der Waals surface area (Å²) in [5.74, 6) is 20.9. The Morgan fingerprint density at radius 2 is 0.691 bits per heavy atom. The fraction of sp³-hybridized carbons (Fsp3) is 0.912. The van der Waals surface area contributed by atoms with Crippen molar-refractivity contribution in [3.8, 4) is 0 Å². The van der Waals surface area contributed by atoms with Crippen LogP contribution in [0.2, 0.25) is 0 Å². The first-order valence-electron chi connectivity index (χ1n) is 55.4. The number of esters is 8. The molecule has 0 amide bonds. The van der Waals surface area contributed by atoms with E-state index in [4.69, 9.17) is 47.4 Å². The van der Waals surface area contributed by atoms with E-state index in [1.54, 1.807) is 6.92 Å². The van der Waals surface area contributed by atoms with Gasteiger partial charge < -0.3 is 57.6 Å². The fourth-order valence-corrected chi connectivity index (χ4v) is 38.5. The van der Waals surface area contributed by atoms with Gasteiger partial charge in [0.25, 0.3) is 0 Å². The lowest BCUT2D eigenvalue weighted by atomic mass is 9.50. The zero-order valence-corrected chi connectivity index (χ0v) is 87.1. The first-order chi connectivity index (χ1) is 64.0. The minimum absolute atomic E-state index is 0.0614. The average Bonchev–Trinajstić information content (AvgIpc) is 1.52. The number of carbonyl (C=O) groups is 10. The lowest BCUT2D eigenvalue weighted by Gasteiger charge is -2.59. The van der Waals surface area contributed by atoms with Crippen molar-refractivity contribution < 1.29 is 106 Å². The summed E-state index contributed by atoms with van der Waals surface area (Å²) in [6, 6.07) is 0. The Bertz CT molecular complexity index is 4420. The maximum Gasteiger partial charge on any atom is 0.347 e. The van der Waals surface area contributed by atoms with Crippen LogP contribution in [0.25, 0.3) is 0 Å². The fourth-order valence-electron chi connectivity index (χ4n) is 38.5. The van der Waals surface area contributed by atoms with Crippen molar-refractivity contribution >= 4 is 59.7 Å². The number of aliphatic carboxylic acids is 2. The van der Waals surface area contributed by atoms with Crippen LogP contribution in [0.1, 0.15) is 301 Å². The van der Waals surface area contributed by atoms with Crippen molar-refractivity contribution in [2.75, 3.05) is 19.8 Å². The van der Waals surface area contributed by atoms with Crippen molar-refractivity contribution in [2.24, 2.45) is 290 Å². The Hall–Kier alpha value is -5.38. The van der Waals surface area contributed by atoms with Crippen LogP contribution < -0.4 is 0 Å². The third kappa shape index (κ3) is 17.7. The SMILES string of the molecule is CC1C(C)C2CC1C(C(=O)O)C2C(=O)OC(C)(C)C.CC1C(C)C2CC1C(C(=O)OC1CCOC1=O)C2C(=O)OC(C)(C)C.CC1C(C)C2CC1C1C3CC(C(=O)OC(C)(C)C)C(C3)C21.CC1C(C)C2CC1C1C3CC(C(=O)OC4(C)C5CC6CC(C5)CC4C6)C(C3)C21.CC1C(C)C2CC1C1C3CC(C(=O)OC4CCCCO4)C(C3)C21.CCOC(C)OC(=O)C1C2CC(C(C)C2C)C1C(=O)O. The van der Waals surface area contributed by atoms with Gasteiger partial charge in [0.2, 0.25) is 12.4 Å². The van der Waals surface area contributed by atoms with Crippen LogP contribution >= 0.6 is 0 Å².